The molecule has 0 saturated carbocycles. The number of carbonyl (C=O) groups excluding carboxylic acids is 1. The van der Waals surface area contributed by atoms with Crippen molar-refractivity contribution in [3.63, 3.8) is 0 Å². The molecule has 104 valence electrons. The second kappa shape index (κ2) is 6.53. The lowest BCUT2D eigenvalue weighted by Crippen LogP contribution is -2.19. The molecule has 0 bridgehead atoms. The molecule has 0 aliphatic rings. The normalized spacial score (nSPS) is 11.0. The summed E-state index contributed by atoms with van der Waals surface area (Å²) in [5, 5.41) is 3.70. The van der Waals surface area contributed by atoms with Gasteiger partial charge < -0.3 is 5.32 Å². The van der Waals surface area contributed by atoms with E-state index in [9.17, 15) is 9.36 Å². The summed E-state index contributed by atoms with van der Waals surface area (Å²) < 4.78 is 11.6. The summed E-state index contributed by atoms with van der Waals surface area (Å²) in [4.78, 5) is 12.2. The van der Waals surface area contributed by atoms with Crippen molar-refractivity contribution in [3.05, 3.63) is 52.0 Å². The SMILES string of the molecule is [B]c1ccc(NC(=O)c2ccc(Cl)c(Cl)c2)c(P(=C)=O)c1. The van der Waals surface area contributed by atoms with Crippen LogP contribution in [0.4, 0.5) is 5.69 Å². The van der Waals surface area contributed by atoms with Crippen LogP contribution in [0.3, 0.4) is 0 Å². The summed E-state index contributed by atoms with van der Waals surface area (Å²) in [6.45, 7) is 0. The van der Waals surface area contributed by atoms with Crippen LogP contribution in [0.5, 0.6) is 0 Å². The van der Waals surface area contributed by atoms with Gasteiger partial charge in [0, 0.05) is 5.56 Å². The van der Waals surface area contributed by atoms with Crippen LogP contribution < -0.4 is 16.1 Å². The van der Waals surface area contributed by atoms with Crippen molar-refractivity contribution in [1.29, 1.82) is 0 Å². The quantitative estimate of drug-likeness (QED) is 0.692. The third kappa shape index (κ3) is 3.79. The molecule has 1 amide bonds. The molecule has 0 saturated heterocycles. The molecule has 21 heavy (non-hydrogen) atoms. The molecule has 1 atom stereocenters. The zero-order chi connectivity index (χ0) is 15.6. The summed E-state index contributed by atoms with van der Waals surface area (Å²) in [5.74, 6) is -0.392. The molecular weight excluding hydrogens is 327 g/mol. The topological polar surface area (TPSA) is 46.2 Å². The second-order valence-corrected chi connectivity index (χ2v) is 6.29. The van der Waals surface area contributed by atoms with E-state index in [1.54, 1.807) is 18.2 Å². The highest BCUT2D eigenvalue weighted by molar-refractivity contribution is 7.52. The maximum atomic E-state index is 12.2. The average molecular weight is 336 g/mol. The lowest BCUT2D eigenvalue weighted by atomic mass is 9.96. The van der Waals surface area contributed by atoms with Crippen LogP contribution in [0.2, 0.25) is 10.0 Å². The number of benzene rings is 2. The molecule has 2 aromatic carbocycles. The number of nitrogens with one attached hydrogen (secondary N) is 1. The van der Waals surface area contributed by atoms with Crippen LogP contribution in [0.25, 0.3) is 0 Å². The fourth-order valence-corrected chi connectivity index (χ4v) is 2.68. The predicted molar refractivity (Wildman–Crippen MR) is 90.6 cm³/mol. The van der Waals surface area contributed by atoms with Gasteiger partial charge in [-0.05, 0) is 30.6 Å². The zero-order valence-electron chi connectivity index (χ0n) is 10.8. The zero-order valence-corrected chi connectivity index (χ0v) is 13.2. The van der Waals surface area contributed by atoms with Gasteiger partial charge in [-0.1, -0.05) is 40.8 Å². The minimum atomic E-state index is -1.89. The number of rotatable bonds is 3. The van der Waals surface area contributed by atoms with E-state index in [1.807, 2.05) is 0 Å². The number of anilines is 1. The van der Waals surface area contributed by atoms with Crippen LogP contribution in [0.1, 0.15) is 10.4 Å². The van der Waals surface area contributed by atoms with Gasteiger partial charge in [0.1, 0.15) is 15.3 Å². The number of hydrogen-bond donors (Lipinski definition) is 1. The van der Waals surface area contributed by atoms with E-state index < -0.39 is 13.3 Å². The molecule has 0 spiro atoms. The van der Waals surface area contributed by atoms with E-state index in [0.29, 0.717) is 27.0 Å². The molecule has 2 rings (SSSR count). The summed E-state index contributed by atoms with van der Waals surface area (Å²) in [5.41, 5.74) is 1.19. The van der Waals surface area contributed by atoms with E-state index in [2.05, 4.69) is 11.6 Å². The van der Waals surface area contributed by atoms with E-state index >= 15 is 0 Å². The highest BCUT2D eigenvalue weighted by Gasteiger charge is 2.11. The predicted octanol–water partition coefficient (Wildman–Crippen LogP) is 2.92. The Bertz CT molecular complexity index is 783. The molecule has 1 unspecified atom stereocenters. The number of halogens is 2. The lowest BCUT2D eigenvalue weighted by molar-refractivity contribution is 0.102. The molecule has 0 heterocycles. The third-order valence-electron chi connectivity index (χ3n) is 2.72. The Morgan fingerprint density at radius 2 is 1.86 bits per heavy atom. The summed E-state index contributed by atoms with van der Waals surface area (Å²) >= 11 is 11.7. The first kappa shape index (κ1) is 15.9. The van der Waals surface area contributed by atoms with Gasteiger partial charge in [0.05, 0.1) is 21.0 Å². The Balaban J connectivity index is 2.33. The maximum absolute atomic E-state index is 12.2. The van der Waals surface area contributed by atoms with Crippen molar-refractivity contribution < 1.29 is 9.36 Å². The van der Waals surface area contributed by atoms with Gasteiger partial charge in [-0.25, -0.2) is 0 Å². The number of hydrogen-bond acceptors (Lipinski definition) is 2. The molecule has 3 nitrogen and oxygen atoms in total. The smallest absolute Gasteiger partial charge is 0.255 e. The van der Waals surface area contributed by atoms with Crippen LogP contribution in [-0.4, -0.2) is 20.1 Å². The molecular formula is C14H9BCl2NO2P. The van der Waals surface area contributed by atoms with E-state index in [-0.39, 0.29) is 5.02 Å². The van der Waals surface area contributed by atoms with Gasteiger partial charge in [-0.3, -0.25) is 9.36 Å². The first-order valence-electron chi connectivity index (χ1n) is 5.82. The largest absolute Gasteiger partial charge is 0.321 e. The van der Waals surface area contributed by atoms with Crippen molar-refractivity contribution in [2.45, 2.75) is 0 Å². The Kier molecular flexibility index (Phi) is 4.94. The summed E-state index contributed by atoms with van der Waals surface area (Å²) in [7, 11) is 3.76. The van der Waals surface area contributed by atoms with Crippen LogP contribution in [0.15, 0.2) is 36.4 Å². The molecule has 2 radical (unpaired) electrons. The van der Waals surface area contributed by atoms with Crippen LogP contribution in [-0.2, 0) is 4.57 Å². The second-order valence-electron chi connectivity index (χ2n) is 4.24. The Hall–Kier alpha value is -1.48. The molecule has 1 N–H and O–H groups in total. The van der Waals surface area contributed by atoms with Gasteiger partial charge in [-0.2, -0.15) is 0 Å². The fraction of sp³-hybridized carbons (Fsp3) is 0. The minimum absolute atomic E-state index is 0.282. The standard InChI is InChI=1S/C14H9BCl2NO2P/c1-21(20)13-7-9(15)3-5-12(13)18-14(19)8-2-4-10(16)11(17)6-8/h2-7H,1H2,(H,18,19). The van der Waals surface area contributed by atoms with Crippen molar-refractivity contribution in [2.24, 2.45) is 0 Å². The van der Waals surface area contributed by atoms with Crippen molar-refractivity contribution in [2.75, 3.05) is 5.32 Å². The van der Waals surface area contributed by atoms with E-state index in [0.717, 1.165) is 0 Å². The summed E-state index contributed by atoms with van der Waals surface area (Å²) in [6, 6.07) is 9.25. The van der Waals surface area contributed by atoms with Gasteiger partial charge in [0.15, 0.2) is 0 Å². The van der Waals surface area contributed by atoms with Gasteiger partial charge in [0.2, 0.25) is 0 Å². The van der Waals surface area contributed by atoms with Crippen LogP contribution >= 0.6 is 30.6 Å². The average Bonchev–Trinajstić information content (AvgIpc) is 2.43. The summed E-state index contributed by atoms with van der Waals surface area (Å²) in [6.07, 6.45) is 3.48. The molecule has 0 aliphatic heterocycles. The van der Waals surface area contributed by atoms with E-state index in [4.69, 9.17) is 31.0 Å². The van der Waals surface area contributed by atoms with Crippen molar-refractivity contribution >= 4 is 67.1 Å². The van der Waals surface area contributed by atoms with Crippen molar-refractivity contribution in [1.82, 2.24) is 0 Å². The molecule has 0 aromatic heterocycles. The monoisotopic (exact) mass is 335 g/mol. The fourth-order valence-electron chi connectivity index (χ4n) is 1.69. The minimum Gasteiger partial charge on any atom is -0.321 e. The van der Waals surface area contributed by atoms with Crippen LogP contribution in [0, 0.1) is 0 Å². The van der Waals surface area contributed by atoms with Gasteiger partial charge in [0.25, 0.3) is 5.91 Å². The third-order valence-corrected chi connectivity index (χ3v) is 4.37. The molecule has 0 aliphatic carbocycles. The first-order chi connectivity index (χ1) is 9.88. The molecule has 2 aromatic rings. The van der Waals surface area contributed by atoms with Gasteiger partial charge >= 0.3 is 0 Å². The Morgan fingerprint density at radius 1 is 1.14 bits per heavy atom. The highest BCUT2D eigenvalue weighted by atomic mass is 35.5. The van der Waals surface area contributed by atoms with Gasteiger partial charge in [-0.15, -0.1) is 0 Å². The molecule has 0 fully saturated rings. The lowest BCUT2D eigenvalue weighted by Gasteiger charge is -2.09. The maximum Gasteiger partial charge on any atom is 0.255 e. The first-order valence-corrected chi connectivity index (χ1v) is 8.02. The molecule has 7 heteroatoms. The number of carbonyl (C=O) groups is 1. The Morgan fingerprint density at radius 3 is 2.48 bits per heavy atom. The van der Waals surface area contributed by atoms with Crippen molar-refractivity contribution in [3.8, 4) is 0 Å². The highest BCUT2D eigenvalue weighted by Crippen LogP contribution is 2.23. The van der Waals surface area contributed by atoms with E-state index in [1.165, 1.54) is 18.2 Å². The number of amides is 1. The Labute approximate surface area is 134 Å².